The number of aromatic nitrogens is 5. The van der Waals surface area contributed by atoms with Crippen LogP contribution in [0.4, 0.5) is 15.0 Å². The van der Waals surface area contributed by atoms with Crippen molar-refractivity contribution >= 4 is 56.7 Å². The Balaban J connectivity index is 0.652. The molecule has 3 aromatic carbocycles. The fraction of sp³-hybridized carbons (Fsp3) is 0.492. The van der Waals surface area contributed by atoms with Crippen LogP contribution in [0.2, 0.25) is 0 Å². The molecule has 12 rings (SSSR count). The summed E-state index contributed by atoms with van der Waals surface area (Å²) in [5.41, 5.74) is 6.31. The number of pyridine rings is 1. The standard InChI is InChI=1S/C63H73FN10O8S/c1-6-40-14-11-15-43-28-45(75)29-47(53(40)43)55-54(64)56-48(31-65-55)58(71-24-9-7-8-10-25-71)69-61(68-56)80-35-63-22-13-27-74(63)44(21-23-63)34-79-62(78)72-32-46(33-72)81-51-30-50(82-70-51)52(37(2)3)60(77)73-26-12-16-49(73)59(76)67-38(4)41-17-19-42(20-18-41)57-39(5)66-36-83-57/h11,14-15,17-20,28-31,36-38,44,46,49,52,75H,6-10,12-13,16,21-27,32-35H2,1-5H3,(H,67,76)/t38-,44-,49-,52+,63+/m0/s1. The highest BCUT2D eigenvalue weighted by atomic mass is 32.1. The zero-order chi connectivity index (χ0) is 57.5. The Hall–Kier alpha value is -7.45. The van der Waals surface area contributed by atoms with E-state index < -0.39 is 23.9 Å². The van der Waals surface area contributed by atoms with Gasteiger partial charge in [-0.2, -0.15) is 9.97 Å². The number of thiazole rings is 1. The van der Waals surface area contributed by atoms with Crippen molar-refractivity contribution in [3.05, 3.63) is 101 Å². The second kappa shape index (κ2) is 23.7. The number of aryl methyl sites for hydroxylation is 2. The number of rotatable bonds is 17. The van der Waals surface area contributed by atoms with Gasteiger partial charge < -0.3 is 43.9 Å². The second-order valence-corrected chi connectivity index (χ2v) is 24.5. The van der Waals surface area contributed by atoms with Gasteiger partial charge >= 0.3 is 12.1 Å². The van der Waals surface area contributed by atoms with Crippen molar-refractivity contribution in [2.75, 3.05) is 57.4 Å². The molecule has 0 unspecified atom stereocenters. The average Bonchev–Trinajstić information content (AvgIpc) is 4.09. The molecule has 0 spiro atoms. The Kier molecular flexibility index (Phi) is 16.0. The van der Waals surface area contributed by atoms with Crippen LogP contribution in [0.15, 0.2) is 76.9 Å². The maximum absolute atomic E-state index is 17.3. The molecule has 2 N–H and O–H groups in total. The number of carbonyl (C=O) groups excluding carboxylic acids is 3. The Morgan fingerprint density at radius 1 is 0.928 bits per heavy atom. The molecule has 5 atom stereocenters. The number of carbonyl (C=O) groups is 3. The molecule has 0 radical (unpaired) electrons. The van der Waals surface area contributed by atoms with Crippen molar-refractivity contribution in [1.29, 1.82) is 0 Å². The largest absolute Gasteiger partial charge is 0.508 e. The predicted octanol–water partition coefficient (Wildman–Crippen LogP) is 10.9. The first kappa shape index (κ1) is 56.1. The van der Waals surface area contributed by atoms with E-state index in [0.717, 1.165) is 115 Å². The van der Waals surface area contributed by atoms with Crippen LogP contribution in [0, 0.1) is 18.7 Å². The summed E-state index contributed by atoms with van der Waals surface area (Å²) in [4.78, 5) is 69.5. The molecule has 20 heteroatoms. The number of halogens is 1. The summed E-state index contributed by atoms with van der Waals surface area (Å²) >= 11 is 1.60. The molecule has 5 aliphatic heterocycles. The van der Waals surface area contributed by atoms with E-state index in [-0.39, 0.29) is 76.9 Å². The third-order valence-corrected chi connectivity index (χ3v) is 18.9. The maximum Gasteiger partial charge on any atom is 0.410 e. The van der Waals surface area contributed by atoms with E-state index in [9.17, 15) is 19.5 Å². The quantitative estimate of drug-likeness (QED) is 0.0871. The van der Waals surface area contributed by atoms with Crippen molar-refractivity contribution in [2.45, 2.75) is 141 Å². The summed E-state index contributed by atoms with van der Waals surface area (Å²) in [5, 5.41) is 20.3. The summed E-state index contributed by atoms with van der Waals surface area (Å²) < 4.78 is 41.8. The smallest absolute Gasteiger partial charge is 0.410 e. The number of fused-ring (bicyclic) bond motifs is 3. The van der Waals surface area contributed by atoms with E-state index in [4.69, 9.17) is 33.7 Å². The summed E-state index contributed by atoms with van der Waals surface area (Å²) in [7, 11) is 0. The lowest BCUT2D eigenvalue weighted by molar-refractivity contribution is -0.141. The number of anilines is 1. The van der Waals surface area contributed by atoms with Gasteiger partial charge in [-0.05, 0) is 129 Å². The van der Waals surface area contributed by atoms with E-state index in [0.29, 0.717) is 61.6 Å². The predicted molar refractivity (Wildman–Crippen MR) is 314 cm³/mol. The molecule has 0 aliphatic carbocycles. The van der Waals surface area contributed by atoms with Crippen LogP contribution in [-0.2, 0) is 20.7 Å². The molecule has 5 saturated heterocycles. The monoisotopic (exact) mass is 1150 g/mol. The van der Waals surface area contributed by atoms with Gasteiger partial charge in [0.1, 0.15) is 54.1 Å². The van der Waals surface area contributed by atoms with Crippen molar-refractivity contribution in [2.24, 2.45) is 5.92 Å². The van der Waals surface area contributed by atoms with E-state index in [2.05, 4.69) is 32.2 Å². The molecule has 18 nitrogen and oxygen atoms in total. The number of ether oxygens (including phenoxy) is 3. The molecule has 5 fully saturated rings. The van der Waals surface area contributed by atoms with Crippen LogP contribution in [-0.4, -0.2) is 139 Å². The first-order valence-electron chi connectivity index (χ1n) is 29.7. The first-order chi connectivity index (χ1) is 40.2. The summed E-state index contributed by atoms with van der Waals surface area (Å²) in [6, 6.07) is 18.2. The van der Waals surface area contributed by atoms with Crippen LogP contribution >= 0.6 is 11.3 Å². The van der Waals surface area contributed by atoms with Crippen LogP contribution < -0.4 is 19.7 Å². The molecular weight excluding hydrogens is 1080 g/mol. The minimum absolute atomic E-state index is 0.0127. The number of hydrogen-bond acceptors (Lipinski definition) is 16. The molecule has 436 valence electrons. The van der Waals surface area contributed by atoms with Crippen LogP contribution in [0.1, 0.15) is 126 Å². The number of phenols is 1. The molecule has 4 aromatic heterocycles. The van der Waals surface area contributed by atoms with Crippen LogP contribution in [0.25, 0.3) is 43.4 Å². The first-order valence-corrected chi connectivity index (χ1v) is 30.6. The molecule has 7 aromatic rings. The number of hydrogen-bond donors (Lipinski definition) is 2. The Labute approximate surface area is 486 Å². The van der Waals surface area contributed by atoms with E-state index >= 15 is 4.39 Å². The molecule has 0 bridgehead atoms. The van der Waals surface area contributed by atoms with E-state index in [1.54, 1.807) is 45.5 Å². The zero-order valence-corrected chi connectivity index (χ0v) is 48.8. The molecule has 5 aliphatic rings. The van der Waals surface area contributed by atoms with Crippen molar-refractivity contribution in [1.82, 2.24) is 45.1 Å². The lowest BCUT2D eigenvalue weighted by atomic mass is 9.91. The van der Waals surface area contributed by atoms with Crippen molar-refractivity contribution < 1.29 is 42.6 Å². The second-order valence-electron chi connectivity index (χ2n) is 23.6. The minimum Gasteiger partial charge on any atom is -0.508 e. The van der Waals surface area contributed by atoms with Crippen molar-refractivity contribution in [3.63, 3.8) is 0 Å². The third kappa shape index (κ3) is 11.2. The Bertz CT molecular complexity index is 3530. The molecule has 0 saturated carbocycles. The topological polar surface area (TPSA) is 202 Å². The average molecular weight is 1150 g/mol. The van der Waals surface area contributed by atoms with Gasteiger partial charge in [-0.25, -0.2) is 14.2 Å². The molecular formula is C63H73FN10O8S. The third-order valence-electron chi connectivity index (χ3n) is 17.9. The normalized spacial score (nSPS) is 21.1. The summed E-state index contributed by atoms with van der Waals surface area (Å²) in [5.74, 6) is -0.598. The molecule has 3 amide bonds. The van der Waals surface area contributed by atoms with E-state index in [1.165, 1.54) is 0 Å². The highest BCUT2D eigenvalue weighted by molar-refractivity contribution is 7.13. The number of amides is 3. The number of benzene rings is 3. The summed E-state index contributed by atoms with van der Waals surface area (Å²) in [6.45, 7) is 13.8. The van der Waals surface area contributed by atoms with Gasteiger partial charge in [0.15, 0.2) is 11.6 Å². The summed E-state index contributed by atoms with van der Waals surface area (Å²) in [6.07, 6.45) is 10.6. The van der Waals surface area contributed by atoms with Gasteiger partial charge in [0.25, 0.3) is 5.88 Å². The number of nitrogens with one attached hydrogen (secondary N) is 1. The lowest BCUT2D eigenvalue weighted by Gasteiger charge is -2.38. The van der Waals surface area contributed by atoms with Gasteiger partial charge in [0.2, 0.25) is 11.8 Å². The minimum atomic E-state index is -0.684. The van der Waals surface area contributed by atoms with Gasteiger partial charge in [-0.3, -0.25) is 19.5 Å². The maximum atomic E-state index is 17.3. The number of aromatic hydroxyl groups is 1. The van der Waals surface area contributed by atoms with Crippen LogP contribution in [0.5, 0.6) is 17.6 Å². The zero-order valence-electron chi connectivity index (χ0n) is 47.9. The Morgan fingerprint density at radius 3 is 2.49 bits per heavy atom. The number of nitrogens with zero attached hydrogens (tertiary/aromatic N) is 9. The van der Waals surface area contributed by atoms with Gasteiger partial charge in [0.05, 0.1) is 46.1 Å². The van der Waals surface area contributed by atoms with Gasteiger partial charge in [-0.15, -0.1) is 11.3 Å². The fourth-order valence-corrected chi connectivity index (χ4v) is 14.2. The molecule has 9 heterocycles. The highest BCUT2D eigenvalue weighted by Crippen LogP contribution is 2.44. The number of phenolic OH excluding ortho intramolecular Hbond substituents is 1. The van der Waals surface area contributed by atoms with Crippen molar-refractivity contribution in [3.8, 4) is 39.3 Å². The van der Waals surface area contributed by atoms with Gasteiger partial charge in [0, 0.05) is 43.5 Å². The Morgan fingerprint density at radius 2 is 1.73 bits per heavy atom. The fourth-order valence-electron chi connectivity index (χ4n) is 13.4. The highest BCUT2D eigenvalue weighted by Gasteiger charge is 2.51. The number of likely N-dealkylation sites (tertiary alicyclic amines) is 2. The lowest BCUT2D eigenvalue weighted by Crippen LogP contribution is -2.56. The molecule has 83 heavy (non-hydrogen) atoms. The SMILES string of the molecule is CCc1cccc2cc(O)cc(-c3ncc4c(N5CCCCCC5)nc(OC[C@]56CCCN5[C@H](COC(=O)N5CC(Oc7cc([C@H](C(=O)N8CCC[C@H]8C(=O)N[C@@H](C)c8ccc(-c9scnc9C)cc8)C(C)C)on7)C5)CC6)nc4c3F)c12. The van der Waals surface area contributed by atoms with E-state index in [1.807, 2.05) is 75.7 Å². The van der Waals surface area contributed by atoms with Gasteiger partial charge in [-0.1, -0.05) is 76.1 Å². The van der Waals surface area contributed by atoms with Crippen LogP contribution in [0.3, 0.4) is 0 Å².